The topological polar surface area (TPSA) is 62.2 Å². The van der Waals surface area contributed by atoms with Crippen LogP contribution in [0.5, 0.6) is 17.2 Å². The van der Waals surface area contributed by atoms with Crippen LogP contribution in [0.2, 0.25) is 0 Å². The summed E-state index contributed by atoms with van der Waals surface area (Å²) < 4.78 is 10.4. The third-order valence-corrected chi connectivity index (χ3v) is 6.15. The molecule has 3 aliphatic rings. The van der Waals surface area contributed by atoms with Crippen LogP contribution in [0.4, 0.5) is 0 Å². The molecule has 2 heterocycles. The van der Waals surface area contributed by atoms with E-state index in [1.165, 1.54) is 52.6 Å². The monoisotopic (exact) mass is 346 g/mol. The number of fused-ring (bicyclic) bond motifs is 1. The van der Waals surface area contributed by atoms with Gasteiger partial charge in [0.15, 0.2) is 11.5 Å². The summed E-state index contributed by atoms with van der Waals surface area (Å²) in [5.41, 5.74) is 0.273. The Labute approximate surface area is 148 Å². The Kier molecular flexibility index (Phi) is 4.23. The lowest BCUT2D eigenvalue weighted by atomic mass is 10.0. The van der Waals surface area contributed by atoms with Crippen LogP contribution in [0.15, 0.2) is 12.1 Å². The van der Waals surface area contributed by atoms with Crippen LogP contribution in [-0.2, 0) is 0 Å². The second kappa shape index (κ2) is 6.41. The zero-order valence-electron chi connectivity index (χ0n) is 14.9. The van der Waals surface area contributed by atoms with Gasteiger partial charge in [-0.15, -0.1) is 0 Å². The second-order valence-electron chi connectivity index (χ2n) is 7.49. The highest BCUT2D eigenvalue weighted by Gasteiger charge is 2.43. The van der Waals surface area contributed by atoms with Crippen molar-refractivity contribution in [1.29, 1.82) is 0 Å². The number of rotatable bonds is 4. The molecule has 1 aromatic carbocycles. The predicted molar refractivity (Wildman–Crippen MR) is 93.3 cm³/mol. The average Bonchev–Trinajstić information content (AvgIpc) is 3.14. The largest absolute Gasteiger partial charge is 0.507 e. The maximum atomic E-state index is 12.7. The van der Waals surface area contributed by atoms with Crippen molar-refractivity contribution in [2.75, 3.05) is 40.4 Å². The van der Waals surface area contributed by atoms with Gasteiger partial charge in [-0.2, -0.15) is 0 Å². The number of benzene rings is 1. The number of likely N-dealkylation sites (tertiary alicyclic amines) is 2. The summed E-state index contributed by atoms with van der Waals surface area (Å²) in [7, 11) is 3.03. The first-order valence-corrected chi connectivity index (χ1v) is 9.09. The number of hydrogen-bond acceptors (Lipinski definition) is 5. The van der Waals surface area contributed by atoms with E-state index >= 15 is 0 Å². The fourth-order valence-electron chi connectivity index (χ4n) is 4.63. The second-order valence-corrected chi connectivity index (χ2v) is 7.49. The zero-order chi connectivity index (χ0) is 17.6. The molecule has 0 spiro atoms. The Morgan fingerprint density at radius 1 is 1.04 bits per heavy atom. The van der Waals surface area contributed by atoms with Crippen LogP contribution in [0, 0.1) is 11.8 Å². The van der Waals surface area contributed by atoms with Crippen LogP contribution in [0.3, 0.4) is 0 Å². The van der Waals surface area contributed by atoms with E-state index in [1.54, 1.807) is 11.0 Å². The molecule has 136 valence electrons. The maximum Gasteiger partial charge on any atom is 0.257 e. The minimum Gasteiger partial charge on any atom is -0.507 e. The maximum absolute atomic E-state index is 12.7. The number of carbonyl (C=O) groups is 1. The van der Waals surface area contributed by atoms with Crippen LogP contribution in [0.25, 0.3) is 0 Å². The van der Waals surface area contributed by atoms with E-state index in [2.05, 4.69) is 4.90 Å². The van der Waals surface area contributed by atoms with E-state index in [1.807, 2.05) is 0 Å². The van der Waals surface area contributed by atoms with E-state index in [9.17, 15) is 9.90 Å². The first-order valence-electron chi connectivity index (χ1n) is 9.09. The highest BCUT2D eigenvalue weighted by atomic mass is 16.5. The molecule has 1 aromatic rings. The fraction of sp³-hybridized carbons (Fsp3) is 0.632. The fourth-order valence-corrected chi connectivity index (χ4v) is 4.63. The van der Waals surface area contributed by atoms with Crippen LogP contribution >= 0.6 is 0 Å². The van der Waals surface area contributed by atoms with E-state index in [0.29, 0.717) is 17.5 Å². The van der Waals surface area contributed by atoms with Gasteiger partial charge in [-0.1, -0.05) is 6.42 Å². The van der Waals surface area contributed by atoms with Crippen molar-refractivity contribution in [1.82, 2.24) is 9.80 Å². The van der Waals surface area contributed by atoms with Crippen molar-refractivity contribution in [3.8, 4) is 17.2 Å². The summed E-state index contributed by atoms with van der Waals surface area (Å²) >= 11 is 0. The number of aromatic hydroxyl groups is 1. The van der Waals surface area contributed by atoms with Gasteiger partial charge in [-0.25, -0.2) is 0 Å². The average molecular weight is 346 g/mol. The predicted octanol–water partition coefficient (Wildman–Crippen LogP) is 1.97. The summed E-state index contributed by atoms with van der Waals surface area (Å²) in [6, 6.07) is 3.46. The molecule has 0 unspecified atom stereocenters. The molecule has 2 atom stereocenters. The van der Waals surface area contributed by atoms with Gasteiger partial charge in [0.1, 0.15) is 5.75 Å². The Morgan fingerprint density at radius 2 is 1.64 bits per heavy atom. The lowest BCUT2D eigenvalue weighted by Gasteiger charge is -2.44. The van der Waals surface area contributed by atoms with E-state index in [-0.39, 0.29) is 17.2 Å². The molecule has 4 rings (SSSR count). The van der Waals surface area contributed by atoms with Crippen molar-refractivity contribution in [3.05, 3.63) is 17.7 Å². The Hall–Kier alpha value is -1.95. The van der Waals surface area contributed by atoms with Crippen molar-refractivity contribution in [3.63, 3.8) is 0 Å². The molecule has 0 aromatic heterocycles. The van der Waals surface area contributed by atoms with Crippen LogP contribution in [0.1, 0.15) is 29.6 Å². The molecule has 2 aliphatic heterocycles. The van der Waals surface area contributed by atoms with Gasteiger partial charge in [0, 0.05) is 44.4 Å². The first kappa shape index (κ1) is 16.5. The third-order valence-electron chi connectivity index (χ3n) is 6.15. The summed E-state index contributed by atoms with van der Waals surface area (Å²) in [5, 5.41) is 10.2. The molecule has 6 heteroatoms. The molecule has 2 saturated heterocycles. The lowest BCUT2D eigenvalue weighted by Crippen LogP contribution is -2.60. The Morgan fingerprint density at radius 3 is 2.24 bits per heavy atom. The molecule has 6 nitrogen and oxygen atoms in total. The molecule has 1 saturated carbocycles. The molecule has 1 N–H and O–H groups in total. The van der Waals surface area contributed by atoms with Gasteiger partial charge in [0.25, 0.3) is 5.91 Å². The van der Waals surface area contributed by atoms with Gasteiger partial charge in [0.2, 0.25) is 0 Å². The Balaban J connectivity index is 1.40. The third kappa shape index (κ3) is 2.82. The number of carbonyl (C=O) groups excluding carboxylic acids is 1. The van der Waals surface area contributed by atoms with E-state index in [0.717, 1.165) is 24.9 Å². The van der Waals surface area contributed by atoms with Crippen molar-refractivity contribution in [2.45, 2.75) is 25.3 Å². The summed E-state index contributed by atoms with van der Waals surface area (Å²) in [6.45, 7) is 3.87. The number of hydrogen-bond donors (Lipinski definition) is 1. The van der Waals surface area contributed by atoms with E-state index in [4.69, 9.17) is 9.47 Å². The minimum absolute atomic E-state index is 0.0678. The lowest BCUT2D eigenvalue weighted by molar-refractivity contribution is 0.0310. The number of phenols is 1. The molecule has 1 aliphatic carbocycles. The molecular formula is C19H26N2O4. The van der Waals surface area contributed by atoms with Crippen LogP contribution in [-0.4, -0.2) is 67.3 Å². The smallest absolute Gasteiger partial charge is 0.257 e. The molecule has 25 heavy (non-hydrogen) atoms. The minimum atomic E-state index is -0.144. The van der Waals surface area contributed by atoms with Gasteiger partial charge in [-0.05, 0) is 24.7 Å². The SMILES string of the molecule is COc1cc(O)c(C(=O)N2CC(N3C[C@H]4CCC[C@H]4C3)C2)cc1OC. The highest BCUT2D eigenvalue weighted by Crippen LogP contribution is 2.40. The summed E-state index contributed by atoms with van der Waals surface area (Å²) in [6.07, 6.45) is 4.13. The van der Waals surface area contributed by atoms with Gasteiger partial charge < -0.3 is 19.5 Å². The quantitative estimate of drug-likeness (QED) is 0.903. The number of methoxy groups -OCH3 is 2. The molecular weight excluding hydrogens is 320 g/mol. The van der Waals surface area contributed by atoms with Gasteiger partial charge in [-0.3, -0.25) is 9.69 Å². The first-order chi connectivity index (χ1) is 12.1. The van der Waals surface area contributed by atoms with Crippen molar-refractivity contribution in [2.24, 2.45) is 11.8 Å². The summed E-state index contributed by atoms with van der Waals surface area (Å²) in [4.78, 5) is 17.1. The van der Waals surface area contributed by atoms with Crippen molar-refractivity contribution >= 4 is 5.91 Å². The van der Waals surface area contributed by atoms with Gasteiger partial charge >= 0.3 is 0 Å². The van der Waals surface area contributed by atoms with Crippen molar-refractivity contribution < 1.29 is 19.4 Å². The Bertz CT molecular complexity index is 660. The molecule has 1 amide bonds. The number of ether oxygens (including phenoxy) is 2. The number of phenolic OH excluding ortho intramolecular Hbond substituents is 1. The summed E-state index contributed by atoms with van der Waals surface area (Å²) in [5.74, 6) is 2.41. The number of amides is 1. The normalized spacial score (nSPS) is 26.4. The standard InChI is InChI=1S/C19H26N2O4/c1-24-17-6-15(16(22)7-18(17)25-2)19(23)21-10-14(11-21)20-8-12-4-3-5-13(12)9-20/h6-7,12-14,22H,3-5,8-11H2,1-2H3/t12-,13+. The number of nitrogens with zero attached hydrogens (tertiary/aromatic N) is 2. The molecule has 3 fully saturated rings. The van der Waals surface area contributed by atoms with Gasteiger partial charge in [0.05, 0.1) is 19.8 Å². The van der Waals surface area contributed by atoms with Crippen LogP contribution < -0.4 is 9.47 Å². The molecule has 0 radical (unpaired) electrons. The molecule has 0 bridgehead atoms. The highest BCUT2D eigenvalue weighted by molar-refractivity contribution is 5.98. The zero-order valence-corrected chi connectivity index (χ0v) is 14.9. The van der Waals surface area contributed by atoms with E-state index < -0.39 is 0 Å².